The van der Waals surface area contributed by atoms with Gasteiger partial charge in [0.05, 0.1) is 25.4 Å². The van der Waals surface area contributed by atoms with Crippen LogP contribution in [0.2, 0.25) is 0 Å². The molecule has 59 heavy (non-hydrogen) atoms. The van der Waals surface area contributed by atoms with E-state index in [2.05, 4.69) is 47.7 Å². The number of hydrogen-bond acceptors (Lipinski definition) is 11. The minimum Gasteiger partial charge on any atom is -0.394 e. The van der Waals surface area contributed by atoms with E-state index >= 15 is 0 Å². The van der Waals surface area contributed by atoms with Crippen LogP contribution in [0.3, 0.4) is 0 Å². The average Bonchev–Trinajstić information content (AvgIpc) is 3.20. The van der Waals surface area contributed by atoms with Crippen LogP contribution in [0.4, 0.5) is 0 Å². The van der Waals surface area contributed by atoms with Crippen molar-refractivity contribution in [3.63, 3.8) is 0 Å². The molecule has 0 radical (unpaired) electrons. The highest BCUT2D eigenvalue weighted by Crippen LogP contribution is 2.26. The first-order valence-electron chi connectivity index (χ1n) is 23.0. The number of aliphatic hydroxyl groups excluding tert-OH is 5. The van der Waals surface area contributed by atoms with Gasteiger partial charge >= 0.3 is 10.4 Å². The lowest BCUT2D eigenvalue weighted by Gasteiger charge is -2.41. The predicted octanol–water partition coefficient (Wildman–Crippen LogP) is 7.69. The van der Waals surface area contributed by atoms with E-state index in [0.29, 0.717) is 12.8 Å². The molecule has 1 saturated heterocycles. The Bertz CT molecular complexity index is 1220. The molecule has 13 nitrogen and oxygen atoms in total. The fourth-order valence-electron chi connectivity index (χ4n) is 7.15. The lowest BCUT2D eigenvalue weighted by Crippen LogP contribution is -2.61. The maximum absolute atomic E-state index is 13.1. The topological polar surface area (TPSA) is 212 Å². The van der Waals surface area contributed by atoms with Gasteiger partial charge in [0.2, 0.25) is 5.91 Å². The number of ether oxygens (including phenoxy) is 2. The minimum absolute atomic E-state index is 0.236. The smallest absolute Gasteiger partial charge is 0.394 e. The van der Waals surface area contributed by atoms with Crippen LogP contribution in [-0.4, -0.2) is 107 Å². The van der Waals surface area contributed by atoms with Crippen LogP contribution in [0.15, 0.2) is 36.5 Å². The summed E-state index contributed by atoms with van der Waals surface area (Å²) in [5.74, 6) is -0.717. The number of rotatable bonds is 38. The standard InChI is InChI=1S/C45H83NO12S/c1-3-5-7-9-11-13-15-16-17-18-19-20-21-22-23-24-26-28-30-32-34-39(49)44(52)46-37(38(48)33-31-29-27-25-14-12-10-8-6-4-2)36-56-45-42(51)43(58-59(53,54)55)41(50)40(35-47)57-45/h6,8,14,25,31,33,37-43,45,47-51H,3-5,7,9-13,15-24,26-30,32,34-36H2,1-2H3,(H,46,52)(H,53,54,55)/b8-6+,25-14+,33-31+. The zero-order valence-corrected chi connectivity index (χ0v) is 37.2. The first-order chi connectivity index (χ1) is 28.4. The van der Waals surface area contributed by atoms with Gasteiger partial charge in [-0.1, -0.05) is 179 Å². The molecule has 8 atom stereocenters. The van der Waals surface area contributed by atoms with E-state index in [9.17, 15) is 38.7 Å². The van der Waals surface area contributed by atoms with Gasteiger partial charge in [-0.05, 0) is 38.5 Å². The van der Waals surface area contributed by atoms with Crippen molar-refractivity contribution in [2.24, 2.45) is 0 Å². The van der Waals surface area contributed by atoms with Gasteiger partial charge in [0.15, 0.2) is 6.29 Å². The Labute approximate surface area is 357 Å². The summed E-state index contributed by atoms with van der Waals surface area (Å²) >= 11 is 0. The number of hydrogen-bond donors (Lipinski definition) is 7. The fraction of sp³-hybridized carbons (Fsp3) is 0.844. The number of nitrogens with one attached hydrogen (secondary N) is 1. The van der Waals surface area contributed by atoms with Gasteiger partial charge in [-0.15, -0.1) is 0 Å². The van der Waals surface area contributed by atoms with Crippen LogP contribution in [0.5, 0.6) is 0 Å². The highest BCUT2D eigenvalue weighted by atomic mass is 32.3. The summed E-state index contributed by atoms with van der Waals surface area (Å²) in [5, 5.41) is 55.0. The second-order valence-electron chi connectivity index (χ2n) is 16.1. The maximum Gasteiger partial charge on any atom is 0.397 e. The molecule has 1 aliphatic rings. The highest BCUT2D eigenvalue weighted by Gasteiger charge is 2.48. The van der Waals surface area contributed by atoms with E-state index in [-0.39, 0.29) is 6.42 Å². The van der Waals surface area contributed by atoms with Crippen molar-refractivity contribution in [3.8, 4) is 0 Å². The molecule has 0 aromatic carbocycles. The molecule has 8 unspecified atom stereocenters. The van der Waals surface area contributed by atoms with Gasteiger partial charge in [0.25, 0.3) is 0 Å². The summed E-state index contributed by atoms with van der Waals surface area (Å²) in [5.41, 5.74) is 0. The van der Waals surface area contributed by atoms with Gasteiger partial charge in [0.1, 0.15) is 30.5 Å². The number of allylic oxidation sites excluding steroid dienone is 5. The van der Waals surface area contributed by atoms with Gasteiger partial charge in [-0.2, -0.15) is 8.42 Å². The van der Waals surface area contributed by atoms with Gasteiger partial charge in [0, 0.05) is 0 Å². The number of unbranched alkanes of at least 4 members (excludes halogenated alkanes) is 21. The SMILES string of the molecule is CC/C=C/CC/C=C/CC/C=C/C(O)C(COC1OC(CO)C(O)C(OS(=O)(=O)O)C1O)NC(=O)C(O)CCCCCCCCCCCCCCCCCCCCCC. The van der Waals surface area contributed by atoms with Gasteiger partial charge in [-0.3, -0.25) is 9.35 Å². The summed E-state index contributed by atoms with van der Waals surface area (Å²) in [7, 11) is -5.12. The number of carbonyl (C=O) groups excluding carboxylic acids is 1. The molecule has 1 amide bonds. The van der Waals surface area contributed by atoms with Crippen LogP contribution in [0.1, 0.15) is 181 Å². The Hall–Kier alpha value is -1.72. The van der Waals surface area contributed by atoms with Crippen molar-refractivity contribution < 1.29 is 57.0 Å². The first kappa shape index (κ1) is 55.3. The van der Waals surface area contributed by atoms with Gasteiger partial charge in [-0.25, -0.2) is 4.18 Å². The van der Waals surface area contributed by atoms with E-state index in [1.54, 1.807) is 6.08 Å². The summed E-state index contributed by atoms with van der Waals surface area (Å²) in [6.07, 6.45) is 29.7. The zero-order chi connectivity index (χ0) is 43.6. The number of aliphatic hydroxyl groups is 5. The van der Waals surface area contributed by atoms with Crippen molar-refractivity contribution in [2.75, 3.05) is 13.2 Å². The largest absolute Gasteiger partial charge is 0.397 e. The Morgan fingerprint density at radius 1 is 0.695 bits per heavy atom. The molecule has 0 spiro atoms. The summed E-state index contributed by atoms with van der Waals surface area (Å²) in [6, 6.07) is -1.14. The molecule has 1 rings (SSSR count). The molecule has 1 aliphatic heterocycles. The van der Waals surface area contributed by atoms with Gasteiger partial charge < -0.3 is 40.3 Å². The van der Waals surface area contributed by atoms with Crippen LogP contribution in [0, 0.1) is 0 Å². The Morgan fingerprint density at radius 3 is 1.61 bits per heavy atom. The van der Waals surface area contributed by atoms with Crippen LogP contribution >= 0.6 is 0 Å². The fourth-order valence-corrected chi connectivity index (χ4v) is 7.66. The van der Waals surface area contributed by atoms with Crippen molar-refractivity contribution in [1.29, 1.82) is 0 Å². The lowest BCUT2D eigenvalue weighted by molar-refractivity contribution is -0.298. The van der Waals surface area contributed by atoms with E-state index in [1.165, 1.54) is 109 Å². The van der Waals surface area contributed by atoms with Crippen molar-refractivity contribution >= 4 is 16.3 Å². The second-order valence-corrected chi connectivity index (χ2v) is 17.1. The molecule has 7 N–H and O–H groups in total. The van der Waals surface area contributed by atoms with Crippen LogP contribution < -0.4 is 5.32 Å². The second kappa shape index (κ2) is 35.8. The molecule has 0 saturated carbocycles. The van der Waals surface area contributed by atoms with Crippen molar-refractivity contribution in [1.82, 2.24) is 5.32 Å². The summed E-state index contributed by atoms with van der Waals surface area (Å²) in [6.45, 7) is 3.06. The van der Waals surface area contributed by atoms with Crippen LogP contribution in [-0.2, 0) is 28.9 Å². The lowest BCUT2D eigenvalue weighted by atomic mass is 9.99. The molecule has 0 aromatic rings. The van der Waals surface area contributed by atoms with E-state index in [1.807, 2.05) is 0 Å². The Kier molecular flexibility index (Phi) is 33.6. The molecular weight excluding hydrogens is 779 g/mol. The quantitative estimate of drug-likeness (QED) is 0.0181. The molecule has 0 aliphatic carbocycles. The maximum atomic E-state index is 13.1. The Balaban J connectivity index is 2.50. The molecular formula is C45H83NO12S. The zero-order valence-electron chi connectivity index (χ0n) is 36.4. The highest BCUT2D eigenvalue weighted by molar-refractivity contribution is 7.80. The normalized spacial score (nSPS) is 21.8. The first-order valence-corrected chi connectivity index (χ1v) is 24.3. The summed E-state index contributed by atoms with van der Waals surface area (Å²) < 4.78 is 47.4. The molecule has 0 bridgehead atoms. The van der Waals surface area contributed by atoms with E-state index in [4.69, 9.17) is 14.0 Å². The number of carbonyl (C=O) groups is 1. The van der Waals surface area contributed by atoms with E-state index in [0.717, 1.165) is 44.9 Å². The van der Waals surface area contributed by atoms with E-state index < -0.39 is 78.5 Å². The summed E-state index contributed by atoms with van der Waals surface area (Å²) in [4.78, 5) is 13.1. The van der Waals surface area contributed by atoms with Crippen molar-refractivity contribution in [3.05, 3.63) is 36.5 Å². The average molecular weight is 862 g/mol. The molecule has 0 aromatic heterocycles. The molecule has 1 heterocycles. The third kappa shape index (κ3) is 28.5. The number of amides is 1. The predicted molar refractivity (Wildman–Crippen MR) is 233 cm³/mol. The van der Waals surface area contributed by atoms with Crippen LogP contribution in [0.25, 0.3) is 0 Å². The van der Waals surface area contributed by atoms with Crippen molar-refractivity contribution in [2.45, 2.75) is 230 Å². The molecule has 1 fully saturated rings. The minimum atomic E-state index is -5.12. The Morgan fingerprint density at radius 2 is 1.15 bits per heavy atom. The third-order valence-electron chi connectivity index (χ3n) is 10.8. The third-order valence-corrected chi connectivity index (χ3v) is 11.2. The molecule has 14 heteroatoms. The molecule has 346 valence electrons. The monoisotopic (exact) mass is 862 g/mol.